The number of thiazole rings is 4. The van der Waals surface area contributed by atoms with Crippen molar-refractivity contribution in [2.45, 2.75) is 227 Å². The number of nitrogens with one attached hydrogen (secondary N) is 4. The maximum Gasteiger partial charge on any atom is 0.184 e. The van der Waals surface area contributed by atoms with E-state index in [4.69, 9.17) is 19.9 Å². The number of rotatable bonds is 20. The molecule has 16 saturated carbocycles. The number of nitriles is 2. The average Bonchev–Trinajstić information content (AvgIpc) is 1.50. The molecule has 0 saturated heterocycles. The predicted molar refractivity (Wildman–Crippen MR) is 567 cm³/mol. The van der Waals surface area contributed by atoms with Crippen LogP contribution in [-0.2, 0) is 0 Å². The van der Waals surface area contributed by atoms with Gasteiger partial charge in [-0.2, -0.15) is 10.5 Å². The quantitative estimate of drug-likeness (QED) is 0.0329. The highest BCUT2D eigenvalue weighted by molar-refractivity contribution is 7.23. The Morgan fingerprint density at radius 3 is 1.02 bits per heavy atom. The highest BCUT2D eigenvalue weighted by Gasteiger charge is 2.64. The number of imidazole rings is 4. The van der Waals surface area contributed by atoms with Gasteiger partial charge in [0.1, 0.15) is 29.1 Å². The number of hydrogen-bond donors (Lipinski definition) is 8. The summed E-state index contributed by atoms with van der Waals surface area (Å²) in [5, 5.41) is 84.6. The monoisotopic (exact) mass is 2070 g/mol. The highest BCUT2D eigenvalue weighted by atomic mass is 32.1. The fourth-order valence-corrected chi connectivity index (χ4v) is 37.9. The third kappa shape index (κ3) is 15.4. The summed E-state index contributed by atoms with van der Waals surface area (Å²) in [5.74, 6) is 5.58. The molecule has 16 fully saturated rings. The molecule has 8 aromatic carbocycles. The van der Waals surface area contributed by atoms with E-state index in [9.17, 15) is 39.7 Å². The van der Waals surface area contributed by atoms with Crippen LogP contribution < -0.4 is 21.3 Å². The second-order valence-corrected chi connectivity index (χ2v) is 51.5. The first-order valence-corrected chi connectivity index (χ1v) is 56.9. The van der Waals surface area contributed by atoms with Crippen LogP contribution in [0.2, 0.25) is 0 Å². The zero-order valence-corrected chi connectivity index (χ0v) is 85.2. The van der Waals surface area contributed by atoms with Gasteiger partial charge in [-0.1, -0.05) is 106 Å². The lowest BCUT2D eigenvalue weighted by molar-refractivity contribution is -0.129. The van der Waals surface area contributed by atoms with Crippen LogP contribution in [0, 0.1) is 144 Å². The van der Waals surface area contributed by atoms with Gasteiger partial charge in [0.05, 0.1) is 186 Å². The fourth-order valence-electron chi connectivity index (χ4n) is 34.2. The van der Waals surface area contributed by atoms with E-state index in [2.05, 4.69) is 82.2 Å². The molecular formula is C118H113F5N18O4S4. The van der Waals surface area contributed by atoms with Gasteiger partial charge < -0.3 is 60.0 Å². The Hall–Kier alpha value is -12.2. The molecule has 0 spiro atoms. The minimum Gasteiger partial charge on any atom is -0.392 e. The number of nitrogens with zero attached hydrogens (tertiary/aromatic N) is 14. The van der Waals surface area contributed by atoms with Crippen LogP contribution in [0.3, 0.4) is 0 Å². The lowest BCUT2D eigenvalue weighted by Crippen LogP contribution is -2.59. The van der Waals surface area contributed by atoms with Crippen molar-refractivity contribution in [3.63, 3.8) is 0 Å². The van der Waals surface area contributed by atoms with E-state index < -0.39 is 18.3 Å². The van der Waals surface area contributed by atoms with Crippen molar-refractivity contribution in [3.8, 4) is 57.2 Å². The number of aliphatic hydroxyl groups is 4. The first-order valence-electron chi connectivity index (χ1n) is 53.6. The zero-order chi connectivity index (χ0) is 100. The van der Waals surface area contributed by atoms with Gasteiger partial charge in [-0.15, -0.1) is 0 Å². The molecule has 16 aromatic rings. The van der Waals surface area contributed by atoms with E-state index in [-0.39, 0.29) is 81.0 Å². The smallest absolute Gasteiger partial charge is 0.184 e. The molecule has 12 heterocycles. The number of hydrogen-bond acceptors (Lipinski definition) is 22. The summed E-state index contributed by atoms with van der Waals surface area (Å²) < 4.78 is 84.8. The molecule has 36 rings (SSSR count). The van der Waals surface area contributed by atoms with Gasteiger partial charge in [0.15, 0.2) is 20.5 Å². The molecular weight excluding hydrogens is 1960 g/mol. The van der Waals surface area contributed by atoms with Gasteiger partial charge >= 0.3 is 0 Å². The zero-order valence-electron chi connectivity index (χ0n) is 82.0. The first kappa shape index (κ1) is 92.9. The van der Waals surface area contributed by atoms with Crippen molar-refractivity contribution in [3.05, 3.63) is 264 Å². The van der Waals surface area contributed by atoms with Gasteiger partial charge in [0.2, 0.25) is 0 Å². The molecule has 16 atom stereocenters. The molecule has 149 heavy (non-hydrogen) atoms. The molecule has 16 unspecified atom stereocenters. The minimum atomic E-state index is -0.502. The third-order valence-electron chi connectivity index (χ3n) is 39.4. The van der Waals surface area contributed by atoms with Gasteiger partial charge in [0.25, 0.3) is 0 Å². The SMILES string of the molecule is N#Cc1ccc2nc(NC3C4CC5CC3CC(C(O)CC3c6c(F)cccc6-c6cncn63)(C5)C4)sc2c1.N#Cc1ccc2sc(NC3C4CC5CC3CC(C(O)CC3c6c(F)cccc6-c6cncn63)(C5)C4)nc2c1.OC(CC1c2c(F)cccc2-c2cncn21)C12CC3CC(C1)C(Nc1nc4ccc(F)cc4s1)C(C3)C2.OC(CC1c2ccccc2-c2cncn21)C12CC3CC(C1)C(Nc1nc4cc(F)ccc4s1)C(C3)C2. The van der Waals surface area contributed by atoms with Gasteiger partial charge in [-0.05, 0) is 337 Å². The maximum absolute atomic E-state index is 15.0. The topological polar surface area (TPSA) is 299 Å². The molecule has 758 valence electrons. The molecule has 16 aliphatic carbocycles. The second kappa shape index (κ2) is 35.5. The van der Waals surface area contributed by atoms with Crippen LogP contribution in [0.15, 0.2) is 202 Å². The summed E-state index contributed by atoms with van der Waals surface area (Å²) >= 11 is 6.41. The van der Waals surface area contributed by atoms with Gasteiger partial charge in [-0.25, -0.2) is 61.8 Å². The molecule has 16 bridgehead atoms. The summed E-state index contributed by atoms with van der Waals surface area (Å²) in [5.41, 5.74) is 15.6. The molecule has 8 N–H and O–H groups in total. The first-order chi connectivity index (χ1) is 72.5. The average molecular weight is 2070 g/mol. The standard InChI is InChI=1S/2C30H28FN5OS.C29H28F2N4OS.C29H29FN4OS/c31-21-3-1-2-20-24-14-33-15-36(24)23(27(20)21)9-26(37)30-10-17-6-18(11-30)28(19(7-17)12-30)35-29-34-22-8-16(13-32)4-5-25(22)38-29;31-21-3-1-2-20-24-14-33-15-36(24)23(27(20)21)9-26(37)30-10-17-6-18(11-30)28(19(7-17)12-30)35-29-34-22-5-4-16(13-32)8-25(22)38-29;30-18-4-5-21-24(8-18)37-28(33-21)34-27-16-6-15-7-17(27)12-29(10-15,11-16)25(36)9-22-26-19(2-1-3-20(26)31)23-13-32-14-35(22)23;30-19-5-6-25-22(9-19)32-28(36-25)33-27-17-7-16-8-18(27)13-29(11-16,12-17)26(35)10-23-20-3-1-2-4-21(20)24-14-31-15-34(23)24/h2*1-5,8,14-15,17-19,23,26,28,37H,6-7,9-12H2,(H,34,35);1-5,8,13-17,22,25,27,36H,6-7,9-12H2,(H,33,34);1-6,9,14-18,23,26-27,35H,7-8,10-13H2,(H,32,33). The summed E-state index contributed by atoms with van der Waals surface area (Å²) in [4.78, 5) is 36.4. The number of aromatic nitrogens is 12. The molecule has 20 aliphatic rings. The van der Waals surface area contributed by atoms with E-state index in [1.54, 1.807) is 102 Å². The van der Waals surface area contributed by atoms with Crippen molar-refractivity contribution >= 4 is 107 Å². The lowest BCUT2D eigenvalue weighted by Gasteiger charge is -2.61. The molecule has 8 aromatic heterocycles. The lowest BCUT2D eigenvalue weighted by atomic mass is 9.46. The Bertz CT molecular complexity index is 7810. The van der Waals surface area contributed by atoms with E-state index in [0.29, 0.717) is 142 Å². The van der Waals surface area contributed by atoms with Crippen molar-refractivity contribution in [1.29, 1.82) is 10.5 Å². The Balaban J connectivity index is 0.0000000935. The second-order valence-electron chi connectivity index (χ2n) is 47.4. The normalized spacial score (nSPS) is 31.8. The van der Waals surface area contributed by atoms with Crippen LogP contribution in [0.1, 0.15) is 212 Å². The number of fused-ring (bicyclic) bond motifs is 16. The number of anilines is 4. The number of benzene rings is 8. The summed E-state index contributed by atoms with van der Waals surface area (Å²) in [6, 6.07) is 50.6. The Labute approximate surface area is 873 Å². The van der Waals surface area contributed by atoms with Crippen molar-refractivity contribution in [2.75, 3.05) is 21.3 Å². The van der Waals surface area contributed by atoms with Gasteiger partial charge in [0, 0.05) is 69.2 Å². The van der Waals surface area contributed by atoms with Crippen LogP contribution in [0.5, 0.6) is 0 Å². The summed E-state index contributed by atoms with van der Waals surface area (Å²) in [7, 11) is 0. The van der Waals surface area contributed by atoms with Crippen LogP contribution in [0.25, 0.3) is 85.9 Å². The molecule has 0 amide bonds. The maximum atomic E-state index is 15.0. The summed E-state index contributed by atoms with van der Waals surface area (Å²) in [6.07, 6.45) is 37.1. The van der Waals surface area contributed by atoms with Crippen LogP contribution >= 0.6 is 45.3 Å². The highest BCUT2D eigenvalue weighted by Crippen LogP contribution is 2.69. The Morgan fingerprint density at radius 1 is 0.322 bits per heavy atom. The van der Waals surface area contributed by atoms with Crippen molar-refractivity contribution in [2.24, 2.45) is 92.7 Å². The molecule has 4 aliphatic heterocycles. The fraction of sp³-hybridized carbons (Fsp3) is 0.441. The summed E-state index contributed by atoms with van der Waals surface area (Å²) in [6.45, 7) is 0. The predicted octanol–water partition coefficient (Wildman–Crippen LogP) is 24.9. The van der Waals surface area contributed by atoms with Crippen LogP contribution in [0.4, 0.5) is 42.5 Å². The minimum absolute atomic E-state index is 0.00365. The van der Waals surface area contributed by atoms with Crippen molar-refractivity contribution < 1.29 is 42.4 Å². The van der Waals surface area contributed by atoms with E-state index in [0.717, 1.165) is 184 Å². The van der Waals surface area contributed by atoms with E-state index in [1.807, 2.05) is 86.9 Å². The molecule has 31 heteroatoms. The molecule has 22 nitrogen and oxygen atoms in total. The Kier molecular flexibility index (Phi) is 22.1. The van der Waals surface area contributed by atoms with Crippen LogP contribution in [-0.4, -0.2) is 127 Å². The van der Waals surface area contributed by atoms with E-state index in [1.165, 1.54) is 110 Å². The number of aliphatic hydroxyl groups excluding tert-OH is 4. The van der Waals surface area contributed by atoms with Gasteiger partial charge in [-0.3, -0.25) is 0 Å². The number of halogens is 5. The van der Waals surface area contributed by atoms with E-state index >= 15 is 13.2 Å². The largest absolute Gasteiger partial charge is 0.392 e. The molecule has 0 radical (unpaired) electrons. The van der Waals surface area contributed by atoms with Crippen molar-refractivity contribution in [1.82, 2.24) is 58.1 Å². The third-order valence-corrected chi connectivity index (χ3v) is 43.2. The Morgan fingerprint density at radius 2 is 0.624 bits per heavy atom.